The van der Waals surface area contributed by atoms with Crippen molar-refractivity contribution in [1.82, 2.24) is 9.88 Å². The summed E-state index contributed by atoms with van der Waals surface area (Å²) < 4.78 is 2.63. The first kappa shape index (κ1) is 15.9. The van der Waals surface area contributed by atoms with Crippen LogP contribution in [0.5, 0.6) is 0 Å². The van der Waals surface area contributed by atoms with Crippen LogP contribution in [-0.2, 0) is 11.3 Å². The molecule has 0 bridgehead atoms. The third kappa shape index (κ3) is 4.02. The fourth-order valence-corrected chi connectivity index (χ4v) is 3.07. The summed E-state index contributed by atoms with van der Waals surface area (Å²) in [6.07, 6.45) is 0.922. The third-order valence-corrected chi connectivity index (χ3v) is 4.72. The van der Waals surface area contributed by atoms with Crippen LogP contribution in [-0.4, -0.2) is 16.5 Å². The summed E-state index contributed by atoms with van der Waals surface area (Å²) in [4.78, 5) is 12.1. The van der Waals surface area contributed by atoms with E-state index < -0.39 is 0 Å². The van der Waals surface area contributed by atoms with Crippen LogP contribution in [0.2, 0.25) is 0 Å². The van der Waals surface area contributed by atoms with E-state index in [1.54, 1.807) is 0 Å². The molecule has 112 valence electrons. The Kier molecular flexibility index (Phi) is 5.31. The normalized spacial score (nSPS) is 12.1. The Balaban J connectivity index is 2.24. The molecule has 0 aliphatic rings. The van der Waals surface area contributed by atoms with Crippen LogP contribution in [0.3, 0.4) is 0 Å². The lowest BCUT2D eigenvalue weighted by Crippen LogP contribution is -2.34. The zero-order valence-electron chi connectivity index (χ0n) is 12.6. The van der Waals surface area contributed by atoms with E-state index >= 15 is 0 Å². The second-order valence-electron chi connectivity index (χ2n) is 5.22. The molecule has 1 aromatic carbocycles. The molecule has 0 spiro atoms. The van der Waals surface area contributed by atoms with E-state index in [-0.39, 0.29) is 18.5 Å². The van der Waals surface area contributed by atoms with Crippen LogP contribution in [0, 0.1) is 10.9 Å². The molecule has 1 heterocycles. The Morgan fingerprint density at radius 3 is 2.67 bits per heavy atom. The molecule has 0 saturated heterocycles. The smallest absolute Gasteiger partial charge is 0.240 e. The topological polar surface area (TPSA) is 34.0 Å². The molecule has 0 aliphatic heterocycles. The van der Waals surface area contributed by atoms with Crippen molar-refractivity contribution in [3.8, 4) is 11.3 Å². The second kappa shape index (κ2) is 7.00. The van der Waals surface area contributed by atoms with Crippen molar-refractivity contribution in [2.75, 3.05) is 0 Å². The summed E-state index contributed by atoms with van der Waals surface area (Å²) in [6, 6.07) is 8.46. The number of nitrogens with one attached hydrogen (secondary N) is 1. The summed E-state index contributed by atoms with van der Waals surface area (Å²) in [6.45, 7) is 6.39. The molecular weight excluding hydrogens is 300 g/mol. The van der Waals surface area contributed by atoms with Gasteiger partial charge < -0.3 is 9.88 Å². The first-order valence-corrected chi connectivity index (χ1v) is 8.34. The van der Waals surface area contributed by atoms with E-state index in [4.69, 9.17) is 12.2 Å². The number of aromatic nitrogens is 1. The largest absolute Gasteiger partial charge is 0.352 e. The predicted octanol–water partition coefficient (Wildman–Crippen LogP) is 4.17. The van der Waals surface area contributed by atoms with Crippen molar-refractivity contribution < 1.29 is 4.79 Å². The van der Waals surface area contributed by atoms with Crippen molar-refractivity contribution in [2.24, 2.45) is 0 Å². The highest BCUT2D eigenvalue weighted by Gasteiger charge is 2.12. The number of rotatable bonds is 5. The van der Waals surface area contributed by atoms with Gasteiger partial charge >= 0.3 is 0 Å². The van der Waals surface area contributed by atoms with E-state index in [0.29, 0.717) is 0 Å². The van der Waals surface area contributed by atoms with Crippen LogP contribution >= 0.6 is 23.6 Å². The van der Waals surface area contributed by atoms with Crippen molar-refractivity contribution in [3.63, 3.8) is 0 Å². The maximum atomic E-state index is 12.1. The SMILES string of the molecule is CCC(C)NC(=O)Cn1c(-c2ccc(C)cc2)csc1=S. The van der Waals surface area contributed by atoms with Gasteiger partial charge in [-0.15, -0.1) is 11.3 Å². The first-order chi connectivity index (χ1) is 10.0. The van der Waals surface area contributed by atoms with E-state index in [9.17, 15) is 4.79 Å². The molecule has 0 radical (unpaired) electrons. The van der Waals surface area contributed by atoms with Crippen LogP contribution in [0.1, 0.15) is 25.8 Å². The second-order valence-corrected chi connectivity index (χ2v) is 6.72. The molecule has 2 aromatic rings. The molecule has 21 heavy (non-hydrogen) atoms. The van der Waals surface area contributed by atoms with Gasteiger partial charge in [0.15, 0.2) is 3.95 Å². The maximum Gasteiger partial charge on any atom is 0.240 e. The molecule has 0 saturated carbocycles. The Hall–Kier alpha value is -1.46. The van der Waals surface area contributed by atoms with Crippen LogP contribution in [0.25, 0.3) is 11.3 Å². The number of carbonyl (C=O) groups excluding carboxylic acids is 1. The fourth-order valence-electron chi connectivity index (χ4n) is 2.00. The zero-order chi connectivity index (χ0) is 15.4. The van der Waals surface area contributed by atoms with Crippen molar-refractivity contribution >= 4 is 29.5 Å². The molecule has 1 amide bonds. The standard InChI is InChI=1S/C16H20N2OS2/c1-4-12(3)17-15(19)9-18-14(10-21-16(18)20)13-7-5-11(2)6-8-13/h5-8,10,12H,4,9H2,1-3H3,(H,17,19). The van der Waals surface area contributed by atoms with E-state index in [2.05, 4.69) is 43.4 Å². The minimum Gasteiger partial charge on any atom is -0.352 e. The number of benzene rings is 1. The van der Waals surface area contributed by atoms with Gasteiger partial charge in [-0.05, 0) is 38.0 Å². The number of thiazole rings is 1. The van der Waals surface area contributed by atoms with Gasteiger partial charge in [0.1, 0.15) is 6.54 Å². The number of carbonyl (C=O) groups is 1. The Morgan fingerprint density at radius 1 is 1.38 bits per heavy atom. The van der Waals surface area contributed by atoms with Gasteiger partial charge in [-0.2, -0.15) is 0 Å². The Labute approximate surface area is 134 Å². The maximum absolute atomic E-state index is 12.1. The lowest BCUT2D eigenvalue weighted by atomic mass is 10.1. The Bertz CT molecular complexity index is 670. The van der Waals surface area contributed by atoms with Crippen molar-refractivity contribution in [3.05, 3.63) is 39.2 Å². The molecule has 2 rings (SSSR count). The predicted molar refractivity (Wildman–Crippen MR) is 91.2 cm³/mol. The van der Waals surface area contributed by atoms with E-state index in [1.165, 1.54) is 16.9 Å². The molecule has 5 heteroatoms. The summed E-state index contributed by atoms with van der Waals surface area (Å²) in [5.74, 6) is 0.00668. The lowest BCUT2D eigenvalue weighted by Gasteiger charge is -2.13. The van der Waals surface area contributed by atoms with Gasteiger partial charge in [0.2, 0.25) is 5.91 Å². The molecule has 1 aromatic heterocycles. The van der Waals surface area contributed by atoms with Gasteiger partial charge in [0.05, 0.1) is 5.69 Å². The minimum atomic E-state index is 0.00668. The molecule has 0 aliphatic carbocycles. The number of hydrogen-bond donors (Lipinski definition) is 1. The average Bonchev–Trinajstić information content (AvgIpc) is 2.81. The zero-order valence-corrected chi connectivity index (χ0v) is 14.2. The highest BCUT2D eigenvalue weighted by Crippen LogP contribution is 2.24. The van der Waals surface area contributed by atoms with Crippen LogP contribution in [0.15, 0.2) is 29.6 Å². The summed E-state index contributed by atoms with van der Waals surface area (Å²) >= 11 is 6.85. The minimum absolute atomic E-state index is 0.00668. The van der Waals surface area contributed by atoms with Gasteiger partial charge in [-0.3, -0.25) is 4.79 Å². The van der Waals surface area contributed by atoms with Gasteiger partial charge in [-0.1, -0.05) is 36.8 Å². The van der Waals surface area contributed by atoms with Crippen LogP contribution in [0.4, 0.5) is 0 Å². The highest BCUT2D eigenvalue weighted by atomic mass is 32.1. The van der Waals surface area contributed by atoms with E-state index in [1.807, 2.05) is 16.9 Å². The number of hydrogen-bond acceptors (Lipinski definition) is 3. The number of aryl methyl sites for hydroxylation is 1. The quantitative estimate of drug-likeness (QED) is 0.839. The molecule has 0 fully saturated rings. The summed E-state index contributed by atoms with van der Waals surface area (Å²) in [5.41, 5.74) is 3.31. The summed E-state index contributed by atoms with van der Waals surface area (Å²) in [7, 11) is 0. The third-order valence-electron chi connectivity index (χ3n) is 3.45. The molecular formula is C16H20N2OS2. The van der Waals surface area contributed by atoms with Crippen molar-refractivity contribution in [2.45, 2.75) is 39.8 Å². The van der Waals surface area contributed by atoms with Crippen molar-refractivity contribution in [1.29, 1.82) is 0 Å². The van der Waals surface area contributed by atoms with Gasteiger partial charge in [-0.25, -0.2) is 0 Å². The number of amides is 1. The van der Waals surface area contributed by atoms with E-state index in [0.717, 1.165) is 21.6 Å². The molecule has 3 nitrogen and oxygen atoms in total. The lowest BCUT2D eigenvalue weighted by molar-refractivity contribution is -0.122. The first-order valence-electron chi connectivity index (χ1n) is 7.06. The van der Waals surface area contributed by atoms with Gasteiger partial charge in [0.25, 0.3) is 0 Å². The monoisotopic (exact) mass is 320 g/mol. The average molecular weight is 320 g/mol. The molecule has 1 unspecified atom stereocenters. The number of nitrogens with zero attached hydrogens (tertiary/aromatic N) is 1. The Morgan fingerprint density at radius 2 is 2.05 bits per heavy atom. The molecule has 1 atom stereocenters. The summed E-state index contributed by atoms with van der Waals surface area (Å²) in [5, 5.41) is 5.00. The van der Waals surface area contributed by atoms with Crippen LogP contribution < -0.4 is 5.32 Å². The fraction of sp³-hybridized carbons (Fsp3) is 0.375. The highest BCUT2D eigenvalue weighted by molar-refractivity contribution is 7.73. The van der Waals surface area contributed by atoms with Gasteiger partial charge in [0, 0.05) is 11.4 Å². The molecule has 1 N–H and O–H groups in total.